The van der Waals surface area contributed by atoms with Crippen molar-refractivity contribution in [2.24, 2.45) is 0 Å². The van der Waals surface area contributed by atoms with Gasteiger partial charge in [0.25, 0.3) is 5.91 Å². The van der Waals surface area contributed by atoms with Gasteiger partial charge < -0.3 is 10.1 Å². The van der Waals surface area contributed by atoms with Crippen molar-refractivity contribution in [2.75, 3.05) is 0 Å². The molecule has 3 amide bonds. The van der Waals surface area contributed by atoms with Crippen molar-refractivity contribution in [2.45, 2.75) is 20.0 Å². The molecule has 0 unspecified atom stereocenters. The summed E-state index contributed by atoms with van der Waals surface area (Å²) in [7, 11) is 0. The molecule has 0 bridgehead atoms. The van der Waals surface area contributed by atoms with Crippen molar-refractivity contribution in [1.82, 2.24) is 10.6 Å². The number of imide groups is 1. The van der Waals surface area contributed by atoms with Gasteiger partial charge in [0.05, 0.1) is 11.1 Å². The van der Waals surface area contributed by atoms with Gasteiger partial charge in [0.1, 0.15) is 11.4 Å². The van der Waals surface area contributed by atoms with Crippen LogP contribution < -0.4 is 15.4 Å². The topological polar surface area (TPSA) is 67.4 Å². The molecule has 1 saturated heterocycles. The Kier molecular flexibility index (Phi) is 3.76. The molecule has 1 aromatic carbocycles. The van der Waals surface area contributed by atoms with Gasteiger partial charge in [0, 0.05) is 0 Å². The molecule has 1 aromatic rings. The predicted octanol–water partition coefficient (Wildman–Crippen LogP) is 2.31. The molecule has 6 heteroatoms. The molecule has 0 radical (unpaired) electrons. The minimum Gasteiger partial charge on any atom is -0.489 e. The van der Waals surface area contributed by atoms with Gasteiger partial charge >= 0.3 is 6.03 Å². The fraction of sp³-hybridized carbons (Fsp3) is 0.231. The maximum Gasteiger partial charge on any atom is 0.326 e. The molecule has 2 rings (SSSR count). The third-order valence-corrected chi connectivity index (χ3v) is 2.64. The monoisotopic (exact) mass is 280 g/mol. The smallest absolute Gasteiger partial charge is 0.326 e. The Hall–Kier alpha value is -2.01. The lowest BCUT2D eigenvalue weighted by molar-refractivity contribution is -0.115. The van der Waals surface area contributed by atoms with Gasteiger partial charge in [-0.1, -0.05) is 17.7 Å². The van der Waals surface area contributed by atoms with Crippen LogP contribution in [-0.2, 0) is 4.79 Å². The Bertz CT molecular complexity index is 567. The van der Waals surface area contributed by atoms with E-state index in [4.69, 9.17) is 16.3 Å². The molecule has 0 spiro atoms. The Morgan fingerprint density at radius 1 is 1.26 bits per heavy atom. The third kappa shape index (κ3) is 3.26. The Morgan fingerprint density at radius 2 is 2.00 bits per heavy atom. The number of ether oxygens (including phenoxy) is 1. The number of rotatable bonds is 3. The first-order chi connectivity index (χ1) is 8.95. The normalized spacial score (nSPS) is 16.7. The lowest BCUT2D eigenvalue weighted by Gasteiger charge is -2.11. The minimum absolute atomic E-state index is 0.0293. The van der Waals surface area contributed by atoms with Crippen LogP contribution in [0.15, 0.2) is 23.9 Å². The number of nitrogens with one attached hydrogen (secondary N) is 2. The maximum atomic E-state index is 11.4. The van der Waals surface area contributed by atoms with E-state index < -0.39 is 11.9 Å². The van der Waals surface area contributed by atoms with Crippen LogP contribution in [-0.4, -0.2) is 18.0 Å². The molecule has 1 aliphatic rings. The number of urea groups is 1. The molecule has 100 valence electrons. The molecular formula is C13H13ClN2O3. The molecular weight excluding hydrogens is 268 g/mol. The van der Waals surface area contributed by atoms with Gasteiger partial charge in [-0.15, -0.1) is 0 Å². The second kappa shape index (κ2) is 5.32. The van der Waals surface area contributed by atoms with Crippen molar-refractivity contribution < 1.29 is 14.3 Å². The van der Waals surface area contributed by atoms with Crippen molar-refractivity contribution >= 4 is 29.6 Å². The third-order valence-electron chi connectivity index (χ3n) is 2.35. The number of halogens is 1. The van der Waals surface area contributed by atoms with E-state index in [0.717, 1.165) is 0 Å². The van der Waals surface area contributed by atoms with Crippen molar-refractivity contribution in [1.29, 1.82) is 0 Å². The van der Waals surface area contributed by atoms with Gasteiger partial charge in [-0.05, 0) is 37.6 Å². The molecule has 0 aromatic heterocycles. The van der Waals surface area contributed by atoms with E-state index in [9.17, 15) is 9.59 Å². The molecule has 1 heterocycles. The van der Waals surface area contributed by atoms with Gasteiger partial charge in [0.15, 0.2) is 0 Å². The van der Waals surface area contributed by atoms with E-state index in [1.807, 2.05) is 13.8 Å². The summed E-state index contributed by atoms with van der Waals surface area (Å²) < 4.78 is 5.51. The van der Waals surface area contributed by atoms with Gasteiger partial charge in [-0.2, -0.15) is 0 Å². The predicted molar refractivity (Wildman–Crippen MR) is 71.9 cm³/mol. The summed E-state index contributed by atoms with van der Waals surface area (Å²) in [5.74, 6) is 0.127. The molecule has 2 N–H and O–H groups in total. The highest BCUT2D eigenvalue weighted by molar-refractivity contribution is 6.32. The van der Waals surface area contributed by atoms with Crippen molar-refractivity contribution in [3.8, 4) is 5.75 Å². The van der Waals surface area contributed by atoms with Crippen LogP contribution in [0, 0.1) is 0 Å². The molecule has 0 saturated carbocycles. The number of benzene rings is 1. The van der Waals surface area contributed by atoms with E-state index in [1.54, 1.807) is 24.3 Å². The molecule has 1 fully saturated rings. The Balaban J connectivity index is 2.23. The SMILES string of the molecule is CC(C)Oc1ccc(C=C2NC(=O)NC2=O)cc1Cl. The van der Waals surface area contributed by atoms with Crippen LogP contribution in [0.4, 0.5) is 4.79 Å². The van der Waals surface area contributed by atoms with Crippen LogP contribution in [0.2, 0.25) is 5.02 Å². The van der Waals surface area contributed by atoms with Gasteiger partial charge in [-0.25, -0.2) is 4.79 Å². The number of amides is 3. The first-order valence-corrected chi connectivity index (χ1v) is 6.14. The number of hydrogen-bond donors (Lipinski definition) is 2. The largest absolute Gasteiger partial charge is 0.489 e. The van der Waals surface area contributed by atoms with E-state index in [1.165, 1.54) is 0 Å². The van der Waals surface area contributed by atoms with Crippen LogP contribution >= 0.6 is 11.6 Å². The highest BCUT2D eigenvalue weighted by atomic mass is 35.5. The molecule has 5 nitrogen and oxygen atoms in total. The van der Waals surface area contributed by atoms with Crippen LogP contribution in [0.3, 0.4) is 0 Å². The minimum atomic E-state index is -0.526. The molecule has 1 aliphatic heterocycles. The zero-order valence-corrected chi connectivity index (χ0v) is 11.2. The average Bonchev–Trinajstić information content (AvgIpc) is 2.61. The van der Waals surface area contributed by atoms with Gasteiger partial charge in [-0.3, -0.25) is 10.1 Å². The van der Waals surface area contributed by atoms with Crippen molar-refractivity contribution in [3.63, 3.8) is 0 Å². The number of hydrogen-bond acceptors (Lipinski definition) is 3. The van der Waals surface area contributed by atoms with E-state index in [2.05, 4.69) is 10.6 Å². The first kappa shape index (κ1) is 13.4. The fourth-order valence-corrected chi connectivity index (χ4v) is 1.84. The lowest BCUT2D eigenvalue weighted by Crippen LogP contribution is -2.22. The first-order valence-electron chi connectivity index (χ1n) is 5.76. The maximum absolute atomic E-state index is 11.4. The van der Waals surface area contributed by atoms with Crippen LogP contribution in [0.25, 0.3) is 6.08 Å². The summed E-state index contributed by atoms with van der Waals surface area (Å²) in [6, 6.07) is 4.63. The fourth-order valence-electron chi connectivity index (χ4n) is 1.61. The highest BCUT2D eigenvalue weighted by Gasteiger charge is 2.22. The summed E-state index contributed by atoms with van der Waals surface area (Å²) in [6.45, 7) is 3.81. The summed E-state index contributed by atoms with van der Waals surface area (Å²) in [5.41, 5.74) is 0.895. The zero-order valence-electron chi connectivity index (χ0n) is 10.5. The lowest BCUT2D eigenvalue weighted by atomic mass is 10.2. The zero-order chi connectivity index (χ0) is 14.0. The summed E-state index contributed by atoms with van der Waals surface area (Å²) in [5, 5.41) is 4.98. The molecule has 0 atom stereocenters. The van der Waals surface area contributed by atoms with E-state index >= 15 is 0 Å². The number of carbonyl (C=O) groups excluding carboxylic acids is 2. The average molecular weight is 281 g/mol. The second-order valence-electron chi connectivity index (χ2n) is 4.32. The summed E-state index contributed by atoms with van der Waals surface area (Å²) in [4.78, 5) is 22.3. The molecule has 0 aliphatic carbocycles. The number of carbonyl (C=O) groups is 2. The highest BCUT2D eigenvalue weighted by Crippen LogP contribution is 2.27. The quantitative estimate of drug-likeness (QED) is 0.659. The standard InChI is InChI=1S/C13H13ClN2O3/c1-7(2)19-11-4-3-8(5-9(11)14)6-10-12(17)16-13(18)15-10/h3-7H,1-2H3,(H2,15,16,17,18). The molecule has 19 heavy (non-hydrogen) atoms. The Labute approximate surface area is 115 Å². The van der Waals surface area contributed by atoms with Crippen LogP contribution in [0.5, 0.6) is 5.75 Å². The summed E-state index contributed by atoms with van der Waals surface area (Å²) >= 11 is 6.08. The van der Waals surface area contributed by atoms with E-state index in [0.29, 0.717) is 16.3 Å². The second-order valence-corrected chi connectivity index (χ2v) is 4.73. The van der Waals surface area contributed by atoms with Crippen molar-refractivity contribution in [3.05, 3.63) is 34.5 Å². The Morgan fingerprint density at radius 3 is 2.53 bits per heavy atom. The summed E-state index contributed by atoms with van der Waals surface area (Å²) in [6.07, 6.45) is 1.58. The van der Waals surface area contributed by atoms with Gasteiger partial charge in [0.2, 0.25) is 0 Å². The van der Waals surface area contributed by atoms with Crippen LogP contribution in [0.1, 0.15) is 19.4 Å². The van der Waals surface area contributed by atoms with E-state index in [-0.39, 0.29) is 11.8 Å².